The van der Waals surface area contributed by atoms with E-state index in [1.54, 1.807) is 0 Å². The van der Waals surface area contributed by atoms with E-state index >= 15 is 0 Å². The molecule has 0 amide bonds. The van der Waals surface area contributed by atoms with Crippen LogP contribution in [0.15, 0.2) is 42.5 Å². The molecule has 5 nitrogen and oxygen atoms in total. The van der Waals surface area contributed by atoms with Gasteiger partial charge in [-0.15, -0.1) is 0 Å². The van der Waals surface area contributed by atoms with Gasteiger partial charge in [0.2, 0.25) is 0 Å². The van der Waals surface area contributed by atoms with E-state index in [-0.39, 0.29) is 24.2 Å². The first-order valence-electron chi connectivity index (χ1n) is 10.5. The Morgan fingerprint density at radius 2 is 1.90 bits per heavy atom. The zero-order valence-electron chi connectivity index (χ0n) is 17.2. The molecule has 2 aromatic rings. The van der Waals surface area contributed by atoms with Crippen molar-refractivity contribution >= 4 is 11.6 Å². The molecule has 2 N–H and O–H groups in total. The van der Waals surface area contributed by atoms with Gasteiger partial charge in [-0.1, -0.05) is 42.8 Å². The van der Waals surface area contributed by atoms with Crippen LogP contribution in [-0.4, -0.2) is 48.8 Å². The molecule has 0 aromatic heterocycles. The van der Waals surface area contributed by atoms with Crippen LogP contribution in [0.3, 0.4) is 0 Å². The summed E-state index contributed by atoms with van der Waals surface area (Å²) in [5.41, 5.74) is 3.24. The van der Waals surface area contributed by atoms with E-state index in [4.69, 9.17) is 25.8 Å². The van der Waals surface area contributed by atoms with E-state index in [0.717, 1.165) is 35.7 Å². The summed E-state index contributed by atoms with van der Waals surface area (Å²) in [6.45, 7) is 4.23. The second kappa shape index (κ2) is 9.25. The van der Waals surface area contributed by atoms with Gasteiger partial charge in [0.05, 0.1) is 44.7 Å². The highest BCUT2D eigenvalue weighted by Crippen LogP contribution is 2.34. The number of benzene rings is 2. The molecule has 30 heavy (non-hydrogen) atoms. The van der Waals surface area contributed by atoms with Gasteiger partial charge < -0.3 is 24.4 Å². The van der Waals surface area contributed by atoms with E-state index in [1.807, 2.05) is 30.3 Å². The molecular formula is C24H29ClO5. The van der Waals surface area contributed by atoms with Crippen LogP contribution in [0.25, 0.3) is 0 Å². The average molecular weight is 433 g/mol. The summed E-state index contributed by atoms with van der Waals surface area (Å²) in [6.07, 6.45) is 0.633. The van der Waals surface area contributed by atoms with Crippen molar-refractivity contribution in [1.29, 1.82) is 0 Å². The van der Waals surface area contributed by atoms with Crippen molar-refractivity contribution in [2.45, 2.75) is 44.5 Å². The first-order valence-corrected chi connectivity index (χ1v) is 10.8. The van der Waals surface area contributed by atoms with E-state index in [2.05, 4.69) is 19.1 Å². The Kier molecular flexibility index (Phi) is 6.66. The van der Waals surface area contributed by atoms with Crippen LogP contribution in [-0.2, 0) is 15.9 Å². The third-order valence-electron chi connectivity index (χ3n) is 5.83. The van der Waals surface area contributed by atoms with Crippen molar-refractivity contribution in [1.82, 2.24) is 0 Å². The molecule has 3 unspecified atom stereocenters. The SMILES string of the molecule is CC1(COc2ccc(Cc3cc(C4CC(O)CC(CO)O4)ccc3Cl)cc2)COC1. The number of ether oxygens (including phenoxy) is 3. The number of halogens is 1. The minimum Gasteiger partial charge on any atom is -0.493 e. The summed E-state index contributed by atoms with van der Waals surface area (Å²) >= 11 is 6.46. The molecule has 0 spiro atoms. The number of rotatable bonds is 7. The first-order chi connectivity index (χ1) is 14.4. The lowest BCUT2D eigenvalue weighted by Crippen LogP contribution is -2.44. The van der Waals surface area contributed by atoms with Crippen LogP contribution in [0.2, 0.25) is 5.02 Å². The standard InChI is InChI=1S/C24H29ClO5/c1-24(13-28-14-24)15-29-20-5-2-16(3-6-20)8-18-9-17(4-7-22(18)25)23-11-19(27)10-21(12-26)30-23/h2-7,9,19,21,23,26-27H,8,10-15H2,1H3. The Morgan fingerprint density at radius 3 is 2.57 bits per heavy atom. The van der Waals surface area contributed by atoms with Crippen LogP contribution in [0.5, 0.6) is 5.75 Å². The normalized spacial score (nSPS) is 25.5. The van der Waals surface area contributed by atoms with E-state index in [9.17, 15) is 10.2 Å². The summed E-state index contributed by atoms with van der Waals surface area (Å²) in [4.78, 5) is 0. The molecule has 2 heterocycles. The minimum atomic E-state index is -0.471. The summed E-state index contributed by atoms with van der Waals surface area (Å²) in [6, 6.07) is 13.9. The molecule has 0 saturated carbocycles. The Labute approximate surface area is 182 Å². The van der Waals surface area contributed by atoms with Crippen LogP contribution in [0, 0.1) is 5.41 Å². The maximum absolute atomic E-state index is 10.1. The third kappa shape index (κ3) is 5.16. The van der Waals surface area contributed by atoms with Gasteiger partial charge in [-0.3, -0.25) is 0 Å². The van der Waals surface area contributed by atoms with Crippen molar-refractivity contribution in [3.63, 3.8) is 0 Å². The first kappa shape index (κ1) is 21.6. The predicted octanol–water partition coefficient (Wildman–Crippen LogP) is 3.92. The van der Waals surface area contributed by atoms with Crippen LogP contribution in [0.1, 0.15) is 42.6 Å². The van der Waals surface area contributed by atoms with Gasteiger partial charge in [-0.2, -0.15) is 0 Å². The number of aliphatic hydroxyl groups is 2. The number of aliphatic hydroxyl groups excluding tert-OH is 2. The summed E-state index contributed by atoms with van der Waals surface area (Å²) in [5, 5.41) is 20.2. The maximum atomic E-state index is 10.1. The lowest BCUT2D eigenvalue weighted by molar-refractivity contribution is -0.120. The Hall–Kier alpha value is -1.63. The fraction of sp³-hybridized carbons (Fsp3) is 0.500. The van der Waals surface area contributed by atoms with E-state index in [1.165, 1.54) is 0 Å². The highest BCUT2D eigenvalue weighted by molar-refractivity contribution is 6.31. The van der Waals surface area contributed by atoms with Gasteiger partial charge in [0.1, 0.15) is 5.75 Å². The maximum Gasteiger partial charge on any atom is 0.119 e. The summed E-state index contributed by atoms with van der Waals surface area (Å²) < 4.78 is 17.1. The zero-order chi connectivity index (χ0) is 21.1. The second-order valence-corrected chi connectivity index (χ2v) is 9.23. The van der Waals surface area contributed by atoms with E-state index < -0.39 is 6.10 Å². The van der Waals surface area contributed by atoms with Gasteiger partial charge >= 0.3 is 0 Å². The monoisotopic (exact) mass is 432 g/mol. The molecule has 0 radical (unpaired) electrons. The Morgan fingerprint density at radius 1 is 1.13 bits per heavy atom. The average Bonchev–Trinajstić information content (AvgIpc) is 2.73. The smallest absolute Gasteiger partial charge is 0.119 e. The number of hydrogen-bond donors (Lipinski definition) is 2. The highest BCUT2D eigenvalue weighted by Gasteiger charge is 2.34. The van der Waals surface area contributed by atoms with Crippen LogP contribution >= 0.6 is 11.6 Å². The fourth-order valence-electron chi connectivity index (χ4n) is 3.97. The summed E-state index contributed by atoms with van der Waals surface area (Å²) in [7, 11) is 0. The predicted molar refractivity (Wildman–Crippen MR) is 115 cm³/mol. The lowest BCUT2D eigenvalue weighted by Gasteiger charge is -2.37. The van der Waals surface area contributed by atoms with Gasteiger partial charge in [-0.25, -0.2) is 0 Å². The highest BCUT2D eigenvalue weighted by atomic mass is 35.5. The van der Waals surface area contributed by atoms with Crippen LogP contribution < -0.4 is 4.74 Å². The van der Waals surface area contributed by atoms with Gasteiger partial charge in [-0.05, 0) is 41.3 Å². The molecule has 2 aromatic carbocycles. The van der Waals surface area contributed by atoms with Gasteiger partial charge in [0.15, 0.2) is 0 Å². The number of hydrogen-bond acceptors (Lipinski definition) is 5. The largest absolute Gasteiger partial charge is 0.493 e. The van der Waals surface area contributed by atoms with Crippen molar-refractivity contribution in [3.05, 3.63) is 64.2 Å². The second-order valence-electron chi connectivity index (χ2n) is 8.82. The zero-order valence-corrected chi connectivity index (χ0v) is 18.0. The third-order valence-corrected chi connectivity index (χ3v) is 6.20. The fourth-order valence-corrected chi connectivity index (χ4v) is 4.15. The molecule has 3 atom stereocenters. The van der Waals surface area contributed by atoms with Crippen molar-refractivity contribution < 1.29 is 24.4 Å². The van der Waals surface area contributed by atoms with Crippen molar-refractivity contribution in [2.24, 2.45) is 5.41 Å². The van der Waals surface area contributed by atoms with Crippen molar-refractivity contribution in [2.75, 3.05) is 26.4 Å². The molecule has 0 aliphatic carbocycles. The van der Waals surface area contributed by atoms with Gasteiger partial charge in [0, 0.05) is 23.3 Å². The van der Waals surface area contributed by atoms with Crippen LogP contribution in [0.4, 0.5) is 0 Å². The molecule has 6 heteroatoms. The molecule has 0 bridgehead atoms. The quantitative estimate of drug-likeness (QED) is 0.694. The molecule has 2 aliphatic heterocycles. The topological polar surface area (TPSA) is 68.2 Å². The van der Waals surface area contributed by atoms with Gasteiger partial charge in [0.25, 0.3) is 0 Å². The van der Waals surface area contributed by atoms with E-state index in [0.29, 0.717) is 30.9 Å². The molecule has 2 aliphatic rings. The summed E-state index contributed by atoms with van der Waals surface area (Å²) in [5.74, 6) is 0.853. The molecule has 4 rings (SSSR count). The molecular weight excluding hydrogens is 404 g/mol. The molecule has 162 valence electrons. The Balaban J connectivity index is 1.42. The van der Waals surface area contributed by atoms with Crippen molar-refractivity contribution in [3.8, 4) is 5.75 Å². The lowest BCUT2D eigenvalue weighted by atomic mass is 9.90. The Bertz CT molecular complexity index is 849. The molecule has 2 fully saturated rings. The molecule has 2 saturated heterocycles. The minimum absolute atomic E-state index is 0.0887.